The lowest BCUT2D eigenvalue weighted by Gasteiger charge is -2.10. The highest BCUT2D eigenvalue weighted by Gasteiger charge is 2.20. The summed E-state index contributed by atoms with van der Waals surface area (Å²) in [5.41, 5.74) is 1.34. The predicted octanol–water partition coefficient (Wildman–Crippen LogP) is 4.75. The summed E-state index contributed by atoms with van der Waals surface area (Å²) >= 11 is 5.33. The normalized spacial score (nSPS) is 14.8. The second kappa shape index (κ2) is 5.73. The highest BCUT2D eigenvalue weighted by Crippen LogP contribution is 2.34. The first-order chi connectivity index (χ1) is 9.22. The summed E-state index contributed by atoms with van der Waals surface area (Å²) in [6.07, 6.45) is 4.38. The van der Waals surface area contributed by atoms with Crippen molar-refractivity contribution < 1.29 is 4.42 Å². The fraction of sp³-hybridized carbons (Fsp3) is 0.333. The van der Waals surface area contributed by atoms with Gasteiger partial charge in [-0.05, 0) is 49.6 Å². The van der Waals surface area contributed by atoms with Gasteiger partial charge in [0, 0.05) is 22.0 Å². The van der Waals surface area contributed by atoms with Crippen LogP contribution in [0.5, 0.6) is 0 Å². The molecule has 1 fully saturated rings. The van der Waals surface area contributed by atoms with E-state index in [1.165, 1.54) is 28.2 Å². The van der Waals surface area contributed by atoms with E-state index in [1.54, 1.807) is 18.0 Å². The molecule has 1 aliphatic carbocycles. The lowest BCUT2D eigenvalue weighted by molar-refractivity contribution is 0.527. The Labute approximate surface area is 126 Å². The van der Waals surface area contributed by atoms with Crippen molar-refractivity contribution in [2.45, 2.75) is 42.1 Å². The number of rotatable bonds is 5. The van der Waals surface area contributed by atoms with Crippen molar-refractivity contribution in [3.8, 4) is 0 Å². The van der Waals surface area contributed by atoms with Gasteiger partial charge in [-0.15, -0.1) is 0 Å². The second-order valence-corrected chi connectivity index (χ2v) is 6.85. The molecule has 2 nitrogen and oxygen atoms in total. The van der Waals surface area contributed by atoms with Gasteiger partial charge in [-0.1, -0.05) is 27.7 Å². The molecular weight excluding hydrogens is 322 g/mol. The third-order valence-electron chi connectivity index (χ3n) is 3.21. The molecule has 3 rings (SSSR count). The molecule has 4 heteroatoms. The Bertz CT molecular complexity index is 577. The third-order valence-corrected chi connectivity index (χ3v) is 4.97. The van der Waals surface area contributed by atoms with Gasteiger partial charge in [-0.3, -0.25) is 0 Å². The fourth-order valence-corrected chi connectivity index (χ4v) is 3.28. The quantitative estimate of drug-likeness (QED) is 0.851. The average Bonchev–Trinajstić information content (AvgIpc) is 3.14. The molecule has 2 aromatic rings. The van der Waals surface area contributed by atoms with Gasteiger partial charge in [0.25, 0.3) is 0 Å². The minimum atomic E-state index is 0.729. The largest absolute Gasteiger partial charge is 0.468 e. The molecule has 0 aliphatic heterocycles. The number of furan rings is 1. The summed E-state index contributed by atoms with van der Waals surface area (Å²) in [6, 6.07) is 9.23. The number of benzene rings is 1. The summed E-state index contributed by atoms with van der Waals surface area (Å²) in [7, 11) is 0. The molecule has 1 aromatic carbocycles. The molecule has 0 bridgehead atoms. The van der Waals surface area contributed by atoms with Crippen molar-refractivity contribution in [3.63, 3.8) is 0 Å². The monoisotopic (exact) mass is 337 g/mol. The summed E-state index contributed by atoms with van der Waals surface area (Å²) in [5, 5.41) is 3.58. The summed E-state index contributed by atoms with van der Waals surface area (Å²) < 4.78 is 6.50. The molecule has 0 saturated heterocycles. The van der Waals surface area contributed by atoms with Gasteiger partial charge in [0.05, 0.1) is 11.2 Å². The summed E-state index contributed by atoms with van der Waals surface area (Å²) in [4.78, 5) is 2.48. The molecule has 1 heterocycles. The van der Waals surface area contributed by atoms with E-state index in [2.05, 4.69) is 39.4 Å². The zero-order chi connectivity index (χ0) is 13.2. The third kappa shape index (κ3) is 3.44. The van der Waals surface area contributed by atoms with Crippen LogP contribution in [0.15, 0.2) is 49.2 Å². The molecule has 100 valence electrons. The topological polar surface area (TPSA) is 25.2 Å². The van der Waals surface area contributed by atoms with Crippen molar-refractivity contribution in [2.24, 2.45) is 0 Å². The van der Waals surface area contributed by atoms with E-state index in [9.17, 15) is 0 Å². The molecule has 19 heavy (non-hydrogen) atoms. The van der Waals surface area contributed by atoms with Gasteiger partial charge in [0.1, 0.15) is 5.76 Å². The molecule has 1 aliphatic rings. The van der Waals surface area contributed by atoms with Gasteiger partial charge in [-0.2, -0.15) is 0 Å². The summed E-state index contributed by atoms with van der Waals surface area (Å²) in [5.74, 6) is 0.981. The van der Waals surface area contributed by atoms with Crippen molar-refractivity contribution in [1.82, 2.24) is 5.32 Å². The Hall–Kier alpha value is -0.710. The standard InChI is InChI=1S/C15H16BrNOS/c1-10-14(6-7-18-10)19-15-5-2-12(16)8-11(15)9-17-13-3-4-13/h2,5-8,13,17H,3-4,9H2,1H3. The smallest absolute Gasteiger partial charge is 0.114 e. The molecule has 0 spiro atoms. The number of nitrogens with one attached hydrogen (secondary N) is 1. The van der Waals surface area contributed by atoms with E-state index in [0.29, 0.717) is 0 Å². The highest BCUT2D eigenvalue weighted by atomic mass is 79.9. The van der Waals surface area contributed by atoms with Crippen molar-refractivity contribution >= 4 is 27.7 Å². The maximum absolute atomic E-state index is 5.36. The van der Waals surface area contributed by atoms with E-state index in [4.69, 9.17) is 4.42 Å². The Morgan fingerprint density at radius 3 is 2.84 bits per heavy atom. The van der Waals surface area contributed by atoms with E-state index < -0.39 is 0 Å². The predicted molar refractivity (Wildman–Crippen MR) is 81.6 cm³/mol. The second-order valence-electron chi connectivity index (χ2n) is 4.85. The van der Waals surface area contributed by atoms with Crippen LogP contribution in [0.3, 0.4) is 0 Å². The Kier molecular flexibility index (Phi) is 4.01. The van der Waals surface area contributed by atoms with Crippen molar-refractivity contribution in [2.75, 3.05) is 0 Å². The Morgan fingerprint density at radius 1 is 1.32 bits per heavy atom. The molecule has 0 radical (unpaired) electrons. The first-order valence-electron chi connectivity index (χ1n) is 6.46. The number of hydrogen-bond donors (Lipinski definition) is 1. The molecule has 0 amide bonds. The van der Waals surface area contributed by atoms with Crippen LogP contribution in [0.2, 0.25) is 0 Å². The van der Waals surface area contributed by atoms with Crippen LogP contribution in [-0.4, -0.2) is 6.04 Å². The van der Waals surface area contributed by atoms with E-state index >= 15 is 0 Å². The number of hydrogen-bond acceptors (Lipinski definition) is 3. The molecule has 0 unspecified atom stereocenters. The summed E-state index contributed by atoms with van der Waals surface area (Å²) in [6.45, 7) is 2.94. The maximum Gasteiger partial charge on any atom is 0.114 e. The minimum Gasteiger partial charge on any atom is -0.468 e. The maximum atomic E-state index is 5.36. The lowest BCUT2D eigenvalue weighted by atomic mass is 10.2. The minimum absolute atomic E-state index is 0.729. The molecule has 1 N–H and O–H groups in total. The van der Waals surface area contributed by atoms with E-state index in [-0.39, 0.29) is 0 Å². The van der Waals surface area contributed by atoms with Crippen molar-refractivity contribution in [3.05, 3.63) is 46.3 Å². The first kappa shape index (κ1) is 13.3. The van der Waals surface area contributed by atoms with Crippen LogP contribution in [-0.2, 0) is 6.54 Å². The van der Waals surface area contributed by atoms with E-state index in [0.717, 1.165) is 22.8 Å². The number of aryl methyl sites for hydroxylation is 1. The molecular formula is C15H16BrNOS. The Morgan fingerprint density at radius 2 is 2.16 bits per heavy atom. The van der Waals surface area contributed by atoms with Crippen LogP contribution in [0.4, 0.5) is 0 Å². The van der Waals surface area contributed by atoms with Gasteiger partial charge >= 0.3 is 0 Å². The molecule has 1 aromatic heterocycles. The van der Waals surface area contributed by atoms with Crippen LogP contribution in [0.25, 0.3) is 0 Å². The van der Waals surface area contributed by atoms with Crippen LogP contribution in [0.1, 0.15) is 24.2 Å². The van der Waals surface area contributed by atoms with Crippen LogP contribution >= 0.6 is 27.7 Å². The van der Waals surface area contributed by atoms with Crippen molar-refractivity contribution in [1.29, 1.82) is 0 Å². The van der Waals surface area contributed by atoms with Gasteiger partial charge in [-0.25, -0.2) is 0 Å². The SMILES string of the molecule is Cc1occc1Sc1ccc(Br)cc1CNC1CC1. The zero-order valence-electron chi connectivity index (χ0n) is 10.8. The zero-order valence-corrected chi connectivity index (χ0v) is 13.2. The van der Waals surface area contributed by atoms with Gasteiger partial charge < -0.3 is 9.73 Å². The molecule has 1 saturated carbocycles. The molecule has 0 atom stereocenters. The average molecular weight is 338 g/mol. The number of halogens is 1. The van der Waals surface area contributed by atoms with Gasteiger partial charge in [0.15, 0.2) is 0 Å². The highest BCUT2D eigenvalue weighted by molar-refractivity contribution is 9.10. The van der Waals surface area contributed by atoms with E-state index in [1.807, 2.05) is 13.0 Å². The lowest BCUT2D eigenvalue weighted by Crippen LogP contribution is -2.15. The van der Waals surface area contributed by atoms with Crippen LogP contribution < -0.4 is 5.32 Å². The first-order valence-corrected chi connectivity index (χ1v) is 8.07. The van der Waals surface area contributed by atoms with Gasteiger partial charge in [0.2, 0.25) is 0 Å². The fourth-order valence-electron chi connectivity index (χ4n) is 1.93. The Balaban J connectivity index is 1.80. The van der Waals surface area contributed by atoms with Crippen LogP contribution in [0, 0.1) is 6.92 Å².